The van der Waals surface area contributed by atoms with Gasteiger partial charge in [-0.3, -0.25) is 9.35 Å². The fraction of sp³-hybridized carbons (Fsp3) is 0.0952. The number of hydrogen-bond acceptors (Lipinski definition) is 3. The summed E-state index contributed by atoms with van der Waals surface area (Å²) in [4.78, 5) is 12.2. The molecule has 0 spiro atoms. The average Bonchev–Trinajstić information content (AvgIpc) is 2.99. The molecule has 0 aromatic heterocycles. The summed E-state index contributed by atoms with van der Waals surface area (Å²) in [6.07, 6.45) is 2.63. The molecule has 0 unspecified atom stereocenters. The summed E-state index contributed by atoms with van der Waals surface area (Å²) in [7, 11) is -4.35. The number of rotatable bonds is 3. The van der Waals surface area contributed by atoms with E-state index >= 15 is 0 Å². The highest BCUT2D eigenvalue weighted by Gasteiger charge is 2.27. The van der Waals surface area contributed by atoms with E-state index in [0.717, 1.165) is 23.1 Å². The largest absolute Gasteiger partial charge is 0.321 e. The summed E-state index contributed by atoms with van der Waals surface area (Å²) < 4.78 is 32.2. The van der Waals surface area contributed by atoms with Crippen LogP contribution in [0.2, 0.25) is 0 Å². The Balaban J connectivity index is 1.91. The molecule has 1 heterocycles. The molecule has 2 N–H and O–H groups in total. The number of carbonyl (C=O) groups is 1. The van der Waals surface area contributed by atoms with E-state index in [1.165, 1.54) is 23.8 Å². The van der Waals surface area contributed by atoms with Gasteiger partial charge in [-0.15, -0.1) is 0 Å². The summed E-state index contributed by atoms with van der Waals surface area (Å²) >= 11 is 0. The van der Waals surface area contributed by atoms with Crippen LogP contribution in [0.25, 0.3) is 22.8 Å². The molecule has 1 aromatic carbocycles. The summed E-state index contributed by atoms with van der Waals surface area (Å²) in [5.41, 5.74) is 5.58. The maximum Gasteiger partial charge on any atom is 0.294 e. The first-order valence-electron chi connectivity index (χ1n) is 8.54. The van der Waals surface area contributed by atoms with E-state index in [0.29, 0.717) is 16.8 Å². The van der Waals surface area contributed by atoms with Crippen molar-refractivity contribution in [1.29, 1.82) is 0 Å². The molecule has 2 aliphatic carbocycles. The zero-order valence-corrected chi connectivity index (χ0v) is 15.4. The lowest BCUT2D eigenvalue weighted by molar-refractivity contribution is -0.110. The van der Waals surface area contributed by atoms with E-state index < -0.39 is 10.1 Å². The number of nitrogens with one attached hydrogen (secondary N) is 1. The van der Waals surface area contributed by atoms with Crippen molar-refractivity contribution in [3.05, 3.63) is 71.3 Å². The second kappa shape index (κ2) is 6.33. The Hall–Kier alpha value is -2.96. The van der Waals surface area contributed by atoms with Crippen LogP contribution in [-0.4, -0.2) is 18.9 Å². The average molecular weight is 379 g/mol. The molecule has 4 rings (SSSR count). The van der Waals surface area contributed by atoms with Crippen molar-refractivity contribution in [1.82, 2.24) is 0 Å². The normalized spacial score (nSPS) is 15.2. The van der Waals surface area contributed by atoms with Crippen molar-refractivity contribution < 1.29 is 17.8 Å². The topological polar surface area (TPSA) is 83.5 Å². The Bertz CT molecular complexity index is 1180. The van der Waals surface area contributed by atoms with Crippen molar-refractivity contribution in [3.63, 3.8) is 0 Å². The molecule has 1 aromatic rings. The second-order valence-electron chi connectivity index (χ2n) is 6.41. The maximum atomic E-state index is 12.5. The molecule has 136 valence electrons. The molecule has 0 radical (unpaired) electrons. The van der Waals surface area contributed by atoms with Gasteiger partial charge in [0, 0.05) is 16.8 Å². The van der Waals surface area contributed by atoms with Gasteiger partial charge in [-0.2, -0.15) is 8.42 Å². The molecule has 5 nitrogen and oxygen atoms in total. The summed E-state index contributed by atoms with van der Waals surface area (Å²) in [6, 6.07) is 16.1. The van der Waals surface area contributed by atoms with Crippen molar-refractivity contribution in [2.75, 3.05) is 5.32 Å². The van der Waals surface area contributed by atoms with E-state index in [2.05, 4.69) is 24.4 Å². The Morgan fingerprint density at radius 1 is 1.00 bits per heavy atom. The third-order valence-corrected chi connectivity index (χ3v) is 5.63. The van der Waals surface area contributed by atoms with Gasteiger partial charge in [0.05, 0.1) is 4.90 Å². The molecule has 1 amide bonds. The Morgan fingerprint density at radius 2 is 1.74 bits per heavy atom. The minimum atomic E-state index is -4.35. The van der Waals surface area contributed by atoms with Crippen molar-refractivity contribution >= 4 is 33.4 Å². The lowest BCUT2D eigenvalue weighted by atomic mass is 10.0. The third-order valence-electron chi connectivity index (χ3n) is 4.78. The van der Waals surface area contributed by atoms with Crippen LogP contribution in [0.5, 0.6) is 0 Å². The van der Waals surface area contributed by atoms with E-state index in [9.17, 15) is 17.8 Å². The molecule has 6 heteroatoms. The predicted molar refractivity (Wildman–Crippen MR) is 105 cm³/mol. The predicted octanol–water partition coefficient (Wildman–Crippen LogP) is 4.09. The van der Waals surface area contributed by atoms with Gasteiger partial charge in [-0.1, -0.05) is 43.3 Å². The maximum absolute atomic E-state index is 12.5. The summed E-state index contributed by atoms with van der Waals surface area (Å²) in [5.74, 6) is -0.301. The zero-order valence-electron chi connectivity index (χ0n) is 14.6. The lowest BCUT2D eigenvalue weighted by Crippen LogP contribution is -2.03. The van der Waals surface area contributed by atoms with E-state index in [-0.39, 0.29) is 10.8 Å². The number of aryl methyl sites for hydroxylation is 1. The van der Waals surface area contributed by atoms with Gasteiger partial charge in [0.2, 0.25) is 0 Å². The van der Waals surface area contributed by atoms with Crippen LogP contribution < -0.4 is 5.32 Å². The molecule has 0 saturated carbocycles. The van der Waals surface area contributed by atoms with Gasteiger partial charge in [0.25, 0.3) is 16.0 Å². The number of carbonyl (C=O) groups excluding carboxylic acids is 1. The van der Waals surface area contributed by atoms with Crippen LogP contribution in [0.4, 0.5) is 5.69 Å². The SMILES string of the molecule is CCc1cc(/C=C2\C(=O)Nc3ccc(S(=O)(=O)O)cc32)c2cccccc1-2. The summed E-state index contributed by atoms with van der Waals surface area (Å²) in [6.45, 7) is 2.08. The quantitative estimate of drug-likeness (QED) is 0.530. The molecule has 27 heavy (non-hydrogen) atoms. The molecular formula is C21H17NO4S. The summed E-state index contributed by atoms with van der Waals surface area (Å²) in [5, 5.41) is 2.74. The van der Waals surface area contributed by atoms with Crippen LogP contribution in [0.15, 0.2) is 59.5 Å². The molecule has 0 bridgehead atoms. The number of anilines is 1. The van der Waals surface area contributed by atoms with E-state index in [4.69, 9.17) is 0 Å². The van der Waals surface area contributed by atoms with Crippen LogP contribution >= 0.6 is 0 Å². The van der Waals surface area contributed by atoms with Crippen LogP contribution in [0, 0.1) is 0 Å². The number of fused-ring (bicyclic) bond motifs is 2. The third kappa shape index (κ3) is 3.03. The molecule has 3 aliphatic rings. The molecular weight excluding hydrogens is 362 g/mol. The van der Waals surface area contributed by atoms with Crippen LogP contribution in [0.1, 0.15) is 23.6 Å². The number of benzene rings is 1. The standard InChI is InChI=1S/C21H17NO4S/c1-2-13-10-14(17-7-5-3-4-6-16(13)17)11-19-18-12-15(27(24,25)26)8-9-20(18)22-21(19)23/h3-12H,2H2,1H3,(H,22,23)(H,24,25,26)/b19-11-. The Kier molecular flexibility index (Phi) is 4.09. The van der Waals surface area contributed by atoms with Crippen molar-refractivity contribution in [2.45, 2.75) is 18.2 Å². The highest BCUT2D eigenvalue weighted by atomic mass is 32.2. The highest BCUT2D eigenvalue weighted by molar-refractivity contribution is 7.85. The molecule has 0 fully saturated rings. The molecule has 0 atom stereocenters. The van der Waals surface area contributed by atoms with Crippen molar-refractivity contribution in [2.24, 2.45) is 0 Å². The van der Waals surface area contributed by atoms with Crippen LogP contribution in [-0.2, 0) is 21.3 Å². The smallest absolute Gasteiger partial charge is 0.294 e. The lowest BCUT2D eigenvalue weighted by Gasteiger charge is -2.02. The molecule has 0 saturated heterocycles. The highest BCUT2D eigenvalue weighted by Crippen LogP contribution is 2.38. The number of hydrogen-bond donors (Lipinski definition) is 2. The fourth-order valence-electron chi connectivity index (χ4n) is 3.46. The minimum Gasteiger partial charge on any atom is -0.321 e. The first-order chi connectivity index (χ1) is 12.9. The van der Waals surface area contributed by atoms with Gasteiger partial charge in [-0.05, 0) is 52.9 Å². The first kappa shape index (κ1) is 17.5. The van der Waals surface area contributed by atoms with Gasteiger partial charge in [0.15, 0.2) is 0 Å². The fourth-order valence-corrected chi connectivity index (χ4v) is 3.97. The van der Waals surface area contributed by atoms with Gasteiger partial charge in [-0.25, -0.2) is 0 Å². The first-order valence-corrected chi connectivity index (χ1v) is 9.98. The minimum absolute atomic E-state index is 0.239. The van der Waals surface area contributed by atoms with Gasteiger partial charge < -0.3 is 5.32 Å². The van der Waals surface area contributed by atoms with E-state index in [1.807, 2.05) is 24.3 Å². The van der Waals surface area contributed by atoms with Gasteiger partial charge in [0.1, 0.15) is 0 Å². The van der Waals surface area contributed by atoms with Gasteiger partial charge >= 0.3 is 0 Å². The van der Waals surface area contributed by atoms with Crippen molar-refractivity contribution in [3.8, 4) is 11.1 Å². The monoisotopic (exact) mass is 379 g/mol. The zero-order chi connectivity index (χ0) is 19.2. The Morgan fingerprint density at radius 3 is 2.44 bits per heavy atom. The molecule has 1 aliphatic heterocycles. The van der Waals surface area contributed by atoms with Crippen LogP contribution in [0.3, 0.4) is 0 Å². The Labute approximate surface area is 157 Å². The second-order valence-corrected chi connectivity index (χ2v) is 7.83. The number of amides is 1. The van der Waals surface area contributed by atoms with E-state index in [1.54, 1.807) is 6.08 Å².